The number of aromatic nitrogens is 2. The van der Waals surface area contributed by atoms with Crippen molar-refractivity contribution in [3.05, 3.63) is 12.3 Å². The fraction of sp³-hybridized carbons (Fsp3) is 0.571. The Bertz CT molecular complexity index is 454. The first-order chi connectivity index (χ1) is 9.33. The van der Waals surface area contributed by atoms with Crippen molar-refractivity contribution in [2.24, 2.45) is 0 Å². The molecule has 0 aromatic carbocycles. The third-order valence-electron chi connectivity index (χ3n) is 3.14. The van der Waals surface area contributed by atoms with E-state index in [0.29, 0.717) is 0 Å². The van der Waals surface area contributed by atoms with Gasteiger partial charge in [-0.25, -0.2) is 4.98 Å². The zero-order chi connectivity index (χ0) is 13.5. The molecule has 0 bridgehead atoms. The third kappa shape index (κ3) is 3.83. The Kier molecular flexibility index (Phi) is 4.99. The second-order valence-electron chi connectivity index (χ2n) is 4.46. The van der Waals surface area contributed by atoms with Gasteiger partial charge >= 0.3 is 0 Å². The Morgan fingerprint density at radius 2 is 2.11 bits per heavy atom. The highest BCUT2D eigenvalue weighted by molar-refractivity contribution is 5.41. The van der Waals surface area contributed by atoms with Gasteiger partial charge in [0.15, 0.2) is 0 Å². The van der Waals surface area contributed by atoms with Crippen molar-refractivity contribution < 1.29 is 0 Å². The SMILES string of the molecule is CC#CCN1CCN(c2nccc(NCC)n2)CC1. The zero-order valence-corrected chi connectivity index (χ0v) is 11.7. The van der Waals surface area contributed by atoms with Crippen LogP contribution in [0.1, 0.15) is 13.8 Å². The maximum atomic E-state index is 4.53. The monoisotopic (exact) mass is 259 g/mol. The minimum absolute atomic E-state index is 0.819. The number of rotatable bonds is 4. The minimum atomic E-state index is 0.819. The van der Waals surface area contributed by atoms with Gasteiger partial charge in [-0.05, 0) is 19.9 Å². The first-order valence-corrected chi connectivity index (χ1v) is 6.77. The van der Waals surface area contributed by atoms with E-state index in [-0.39, 0.29) is 0 Å². The third-order valence-corrected chi connectivity index (χ3v) is 3.14. The summed E-state index contributed by atoms with van der Waals surface area (Å²) in [5.74, 6) is 7.77. The van der Waals surface area contributed by atoms with Gasteiger partial charge in [0.1, 0.15) is 5.82 Å². The molecular formula is C14H21N5. The van der Waals surface area contributed by atoms with Gasteiger partial charge in [-0.2, -0.15) is 4.98 Å². The molecule has 0 aliphatic carbocycles. The minimum Gasteiger partial charge on any atom is -0.370 e. The Balaban J connectivity index is 1.93. The number of piperazine rings is 1. The van der Waals surface area contributed by atoms with Crippen molar-refractivity contribution in [1.82, 2.24) is 14.9 Å². The molecule has 2 rings (SSSR count). The van der Waals surface area contributed by atoms with Crippen LogP contribution in [-0.2, 0) is 0 Å². The predicted octanol–water partition coefficient (Wildman–Crippen LogP) is 1.05. The number of anilines is 2. The van der Waals surface area contributed by atoms with Crippen molar-refractivity contribution >= 4 is 11.8 Å². The molecule has 0 amide bonds. The Morgan fingerprint density at radius 3 is 2.79 bits per heavy atom. The van der Waals surface area contributed by atoms with Crippen LogP contribution in [-0.4, -0.2) is 54.1 Å². The maximum absolute atomic E-state index is 4.53. The molecule has 0 spiro atoms. The number of nitrogens with one attached hydrogen (secondary N) is 1. The molecule has 1 aliphatic rings. The van der Waals surface area contributed by atoms with Crippen LogP contribution in [0.15, 0.2) is 12.3 Å². The van der Waals surface area contributed by atoms with Gasteiger partial charge in [-0.1, -0.05) is 5.92 Å². The molecule has 19 heavy (non-hydrogen) atoms. The second kappa shape index (κ2) is 6.95. The molecular weight excluding hydrogens is 238 g/mol. The Labute approximate surface area is 115 Å². The molecule has 1 aromatic rings. The highest BCUT2D eigenvalue weighted by Gasteiger charge is 2.18. The number of hydrogen-bond acceptors (Lipinski definition) is 5. The van der Waals surface area contributed by atoms with Crippen LogP contribution in [0.25, 0.3) is 0 Å². The largest absolute Gasteiger partial charge is 0.370 e. The molecule has 1 aromatic heterocycles. The summed E-state index contributed by atoms with van der Waals surface area (Å²) in [6.07, 6.45) is 1.81. The van der Waals surface area contributed by atoms with Gasteiger partial charge in [-0.15, -0.1) is 5.92 Å². The predicted molar refractivity (Wildman–Crippen MR) is 78.3 cm³/mol. The lowest BCUT2D eigenvalue weighted by atomic mass is 10.3. The second-order valence-corrected chi connectivity index (χ2v) is 4.46. The van der Waals surface area contributed by atoms with Crippen LogP contribution in [0.2, 0.25) is 0 Å². The Morgan fingerprint density at radius 1 is 1.32 bits per heavy atom. The highest BCUT2D eigenvalue weighted by atomic mass is 15.3. The van der Waals surface area contributed by atoms with Gasteiger partial charge in [0.2, 0.25) is 5.95 Å². The molecule has 0 saturated carbocycles. The molecule has 0 unspecified atom stereocenters. The van der Waals surface area contributed by atoms with Gasteiger partial charge in [0, 0.05) is 38.9 Å². The van der Waals surface area contributed by atoms with Crippen molar-refractivity contribution in [3.63, 3.8) is 0 Å². The van der Waals surface area contributed by atoms with Crippen LogP contribution < -0.4 is 10.2 Å². The van der Waals surface area contributed by atoms with Crippen LogP contribution in [0.5, 0.6) is 0 Å². The molecule has 102 valence electrons. The lowest BCUT2D eigenvalue weighted by molar-refractivity contribution is 0.286. The van der Waals surface area contributed by atoms with Crippen molar-refractivity contribution in [2.75, 3.05) is 49.5 Å². The van der Waals surface area contributed by atoms with Crippen LogP contribution in [0, 0.1) is 11.8 Å². The van der Waals surface area contributed by atoms with Crippen LogP contribution >= 0.6 is 0 Å². The summed E-state index contributed by atoms with van der Waals surface area (Å²) in [6, 6.07) is 1.90. The number of hydrogen-bond donors (Lipinski definition) is 1. The highest BCUT2D eigenvalue weighted by Crippen LogP contribution is 2.13. The summed E-state index contributed by atoms with van der Waals surface area (Å²) in [4.78, 5) is 13.5. The molecule has 1 saturated heterocycles. The summed E-state index contributed by atoms with van der Waals surface area (Å²) in [6.45, 7) is 9.64. The molecule has 2 heterocycles. The summed E-state index contributed by atoms with van der Waals surface area (Å²) >= 11 is 0. The van der Waals surface area contributed by atoms with E-state index in [1.54, 1.807) is 0 Å². The lowest BCUT2D eigenvalue weighted by Gasteiger charge is -2.33. The topological polar surface area (TPSA) is 44.3 Å². The maximum Gasteiger partial charge on any atom is 0.227 e. The zero-order valence-electron chi connectivity index (χ0n) is 11.7. The average Bonchev–Trinajstić information content (AvgIpc) is 2.46. The fourth-order valence-corrected chi connectivity index (χ4v) is 2.08. The van der Waals surface area contributed by atoms with Gasteiger partial charge in [0.25, 0.3) is 0 Å². The van der Waals surface area contributed by atoms with Gasteiger partial charge in [0.05, 0.1) is 6.54 Å². The normalized spacial score (nSPS) is 15.8. The molecule has 1 N–H and O–H groups in total. The van der Waals surface area contributed by atoms with Crippen LogP contribution in [0.3, 0.4) is 0 Å². The molecule has 5 heteroatoms. The number of nitrogens with zero attached hydrogens (tertiary/aromatic N) is 4. The molecule has 1 fully saturated rings. The van der Waals surface area contributed by atoms with Crippen LogP contribution in [0.4, 0.5) is 11.8 Å². The first-order valence-electron chi connectivity index (χ1n) is 6.77. The van der Waals surface area contributed by atoms with E-state index in [2.05, 4.69) is 43.8 Å². The fourth-order valence-electron chi connectivity index (χ4n) is 2.08. The lowest BCUT2D eigenvalue weighted by Crippen LogP contribution is -2.47. The van der Waals surface area contributed by atoms with Crippen molar-refractivity contribution in [2.45, 2.75) is 13.8 Å². The first kappa shape index (κ1) is 13.6. The molecule has 5 nitrogen and oxygen atoms in total. The summed E-state index contributed by atoms with van der Waals surface area (Å²) < 4.78 is 0. The summed E-state index contributed by atoms with van der Waals surface area (Å²) in [7, 11) is 0. The van der Waals surface area contributed by atoms with E-state index >= 15 is 0 Å². The summed E-state index contributed by atoms with van der Waals surface area (Å²) in [5.41, 5.74) is 0. The molecule has 0 atom stereocenters. The van der Waals surface area contributed by atoms with E-state index in [0.717, 1.165) is 51.0 Å². The van der Waals surface area contributed by atoms with Gasteiger partial charge < -0.3 is 10.2 Å². The smallest absolute Gasteiger partial charge is 0.227 e. The van der Waals surface area contributed by atoms with E-state index in [4.69, 9.17) is 0 Å². The van der Waals surface area contributed by atoms with Crippen molar-refractivity contribution in [3.8, 4) is 11.8 Å². The van der Waals surface area contributed by atoms with E-state index in [9.17, 15) is 0 Å². The molecule has 0 radical (unpaired) electrons. The van der Waals surface area contributed by atoms with E-state index in [1.165, 1.54) is 0 Å². The Hall–Kier alpha value is -1.80. The summed E-state index contributed by atoms with van der Waals surface area (Å²) in [5, 5.41) is 3.22. The quantitative estimate of drug-likeness (QED) is 0.819. The average molecular weight is 259 g/mol. The standard InChI is InChI=1S/C14H21N5/c1-3-5-8-18-9-11-19(12-10-18)14-16-7-6-13(17-14)15-4-2/h6-7H,4,8-12H2,1-2H3,(H,15,16,17). The van der Waals surface area contributed by atoms with E-state index in [1.807, 2.05) is 19.2 Å². The van der Waals surface area contributed by atoms with E-state index < -0.39 is 0 Å². The van der Waals surface area contributed by atoms with Crippen molar-refractivity contribution in [1.29, 1.82) is 0 Å². The molecule has 1 aliphatic heterocycles. The van der Waals surface area contributed by atoms with Gasteiger partial charge in [-0.3, -0.25) is 4.90 Å².